The van der Waals surface area contributed by atoms with Crippen molar-refractivity contribution >= 4 is 17.5 Å². The van der Waals surface area contributed by atoms with Crippen molar-refractivity contribution in [2.45, 2.75) is 44.8 Å². The minimum atomic E-state index is -0.406. The summed E-state index contributed by atoms with van der Waals surface area (Å²) in [5.74, 6) is -0.0503. The lowest BCUT2D eigenvalue weighted by atomic mass is 9.91. The Kier molecular flexibility index (Phi) is 4.48. The van der Waals surface area contributed by atoms with Crippen molar-refractivity contribution < 1.29 is 9.90 Å². The van der Waals surface area contributed by atoms with Gasteiger partial charge in [0.2, 0.25) is 0 Å². The fraction of sp³-hybridized carbons (Fsp3) is 0.533. The molecule has 19 heavy (non-hydrogen) atoms. The van der Waals surface area contributed by atoms with E-state index in [1.165, 1.54) is 0 Å². The van der Waals surface area contributed by atoms with Crippen LogP contribution in [-0.4, -0.2) is 35.1 Å². The fourth-order valence-electron chi connectivity index (χ4n) is 2.68. The van der Waals surface area contributed by atoms with Gasteiger partial charge in [0.25, 0.3) is 5.91 Å². The molecule has 1 aliphatic rings. The van der Waals surface area contributed by atoms with E-state index in [2.05, 4.69) is 0 Å². The normalized spacial score (nSPS) is 23.2. The molecule has 2 unspecified atom stereocenters. The van der Waals surface area contributed by atoms with Crippen LogP contribution < -0.4 is 0 Å². The molecule has 0 aromatic heterocycles. The largest absolute Gasteiger partial charge is 0.391 e. The second kappa shape index (κ2) is 5.93. The van der Waals surface area contributed by atoms with Gasteiger partial charge in [-0.2, -0.15) is 0 Å². The highest BCUT2D eigenvalue weighted by Crippen LogP contribution is 2.24. The number of hydrogen-bond acceptors (Lipinski definition) is 2. The summed E-state index contributed by atoms with van der Waals surface area (Å²) in [5, 5.41) is 10.7. The molecule has 0 heterocycles. The zero-order valence-electron chi connectivity index (χ0n) is 11.4. The summed E-state index contributed by atoms with van der Waals surface area (Å²) >= 11 is 5.97. The number of nitrogens with zero attached hydrogens (tertiary/aromatic N) is 1. The highest BCUT2D eigenvalue weighted by molar-refractivity contribution is 6.31. The highest BCUT2D eigenvalue weighted by atomic mass is 35.5. The molecular weight excluding hydrogens is 262 g/mol. The summed E-state index contributed by atoms with van der Waals surface area (Å²) in [6, 6.07) is 5.21. The van der Waals surface area contributed by atoms with E-state index in [1.54, 1.807) is 30.1 Å². The molecule has 1 aliphatic carbocycles. The smallest absolute Gasteiger partial charge is 0.253 e. The predicted molar refractivity (Wildman–Crippen MR) is 76.5 cm³/mol. The summed E-state index contributed by atoms with van der Waals surface area (Å²) in [6.07, 6.45) is 3.35. The Morgan fingerprint density at radius 3 is 2.68 bits per heavy atom. The minimum Gasteiger partial charge on any atom is -0.391 e. The van der Waals surface area contributed by atoms with Gasteiger partial charge < -0.3 is 10.0 Å². The molecule has 1 aromatic rings. The van der Waals surface area contributed by atoms with E-state index in [-0.39, 0.29) is 11.9 Å². The van der Waals surface area contributed by atoms with Crippen molar-refractivity contribution in [3.8, 4) is 0 Å². The van der Waals surface area contributed by atoms with Crippen LogP contribution >= 0.6 is 11.6 Å². The first-order chi connectivity index (χ1) is 9.00. The molecule has 0 spiro atoms. The second-order valence-electron chi connectivity index (χ2n) is 5.30. The third kappa shape index (κ3) is 3.10. The average molecular weight is 282 g/mol. The van der Waals surface area contributed by atoms with E-state index in [0.29, 0.717) is 10.6 Å². The lowest BCUT2D eigenvalue weighted by Gasteiger charge is -2.35. The van der Waals surface area contributed by atoms with Gasteiger partial charge in [-0.25, -0.2) is 0 Å². The predicted octanol–water partition coefficient (Wildman–Crippen LogP) is 3.02. The maximum absolute atomic E-state index is 12.4. The second-order valence-corrected chi connectivity index (χ2v) is 5.71. The quantitative estimate of drug-likeness (QED) is 0.905. The van der Waals surface area contributed by atoms with Gasteiger partial charge in [0.15, 0.2) is 0 Å². The Bertz CT molecular complexity index is 475. The van der Waals surface area contributed by atoms with Crippen LogP contribution in [0, 0.1) is 6.92 Å². The van der Waals surface area contributed by atoms with E-state index in [0.717, 1.165) is 31.2 Å². The van der Waals surface area contributed by atoms with Crippen LogP contribution in [-0.2, 0) is 0 Å². The summed E-state index contributed by atoms with van der Waals surface area (Å²) in [6.45, 7) is 1.88. The number of aryl methyl sites for hydroxylation is 1. The number of carbonyl (C=O) groups excluding carboxylic acids is 1. The topological polar surface area (TPSA) is 40.5 Å². The van der Waals surface area contributed by atoms with Gasteiger partial charge in [0.05, 0.1) is 12.1 Å². The monoisotopic (exact) mass is 281 g/mol. The standard InChI is InChI=1S/C15H20ClNO2/c1-10-9-11(7-8-12(10)16)15(19)17(2)13-5-3-4-6-14(13)18/h7-9,13-14,18H,3-6H2,1-2H3. The summed E-state index contributed by atoms with van der Waals surface area (Å²) in [5.41, 5.74) is 1.52. The molecule has 1 saturated carbocycles. The molecule has 1 fully saturated rings. The molecule has 104 valence electrons. The van der Waals surface area contributed by atoms with E-state index in [1.807, 2.05) is 6.92 Å². The third-order valence-electron chi connectivity index (χ3n) is 3.92. The molecule has 4 heteroatoms. The minimum absolute atomic E-state index is 0.0503. The molecule has 0 bridgehead atoms. The van der Waals surface area contributed by atoms with Crippen molar-refractivity contribution in [1.82, 2.24) is 4.90 Å². The Morgan fingerprint density at radius 2 is 2.05 bits per heavy atom. The van der Waals surface area contributed by atoms with Crippen LogP contribution in [0.3, 0.4) is 0 Å². The van der Waals surface area contributed by atoms with Crippen molar-refractivity contribution in [3.63, 3.8) is 0 Å². The number of halogens is 1. The maximum Gasteiger partial charge on any atom is 0.253 e. The van der Waals surface area contributed by atoms with Crippen molar-refractivity contribution in [1.29, 1.82) is 0 Å². The number of hydrogen-bond donors (Lipinski definition) is 1. The molecule has 0 saturated heterocycles. The van der Waals surface area contributed by atoms with Gasteiger partial charge >= 0.3 is 0 Å². The van der Waals surface area contributed by atoms with Gasteiger partial charge in [-0.3, -0.25) is 4.79 Å². The third-order valence-corrected chi connectivity index (χ3v) is 4.34. The number of aliphatic hydroxyl groups is 1. The number of amides is 1. The van der Waals surface area contributed by atoms with E-state index < -0.39 is 6.10 Å². The molecule has 2 rings (SSSR count). The van der Waals surface area contributed by atoms with E-state index >= 15 is 0 Å². The Balaban J connectivity index is 2.15. The Hall–Kier alpha value is -1.06. The van der Waals surface area contributed by atoms with Crippen LogP contribution in [0.4, 0.5) is 0 Å². The molecule has 2 atom stereocenters. The van der Waals surface area contributed by atoms with Crippen LogP contribution in [0.1, 0.15) is 41.6 Å². The molecular formula is C15H20ClNO2. The molecule has 1 N–H and O–H groups in total. The van der Waals surface area contributed by atoms with Gasteiger partial charge in [-0.1, -0.05) is 24.4 Å². The maximum atomic E-state index is 12.4. The first-order valence-corrected chi connectivity index (χ1v) is 7.10. The molecule has 0 radical (unpaired) electrons. The summed E-state index contributed by atoms with van der Waals surface area (Å²) < 4.78 is 0. The van der Waals surface area contributed by atoms with Gasteiger partial charge in [-0.15, -0.1) is 0 Å². The van der Waals surface area contributed by atoms with E-state index in [9.17, 15) is 9.90 Å². The SMILES string of the molecule is Cc1cc(C(=O)N(C)C2CCCCC2O)ccc1Cl. The number of carbonyl (C=O) groups is 1. The van der Waals surface area contributed by atoms with Crippen molar-refractivity contribution in [2.24, 2.45) is 0 Å². The molecule has 0 aliphatic heterocycles. The number of likely N-dealkylation sites (N-methyl/N-ethyl adjacent to an activating group) is 1. The summed E-state index contributed by atoms with van der Waals surface area (Å²) in [7, 11) is 1.77. The molecule has 3 nitrogen and oxygen atoms in total. The van der Waals surface area contributed by atoms with Crippen LogP contribution in [0.15, 0.2) is 18.2 Å². The number of rotatable bonds is 2. The van der Waals surface area contributed by atoms with Crippen LogP contribution in [0.25, 0.3) is 0 Å². The number of aliphatic hydroxyl groups excluding tert-OH is 1. The van der Waals surface area contributed by atoms with Gasteiger partial charge in [0.1, 0.15) is 0 Å². The van der Waals surface area contributed by atoms with E-state index in [4.69, 9.17) is 11.6 Å². The van der Waals surface area contributed by atoms with Crippen molar-refractivity contribution in [2.75, 3.05) is 7.05 Å². The highest BCUT2D eigenvalue weighted by Gasteiger charge is 2.29. The Labute approximate surface area is 119 Å². The van der Waals surface area contributed by atoms with Gasteiger partial charge in [0, 0.05) is 17.6 Å². The fourth-order valence-corrected chi connectivity index (χ4v) is 2.79. The zero-order chi connectivity index (χ0) is 14.0. The van der Waals surface area contributed by atoms with Crippen LogP contribution in [0.5, 0.6) is 0 Å². The zero-order valence-corrected chi connectivity index (χ0v) is 12.2. The lowest BCUT2D eigenvalue weighted by Crippen LogP contribution is -2.46. The first kappa shape index (κ1) is 14.4. The molecule has 1 aromatic carbocycles. The average Bonchev–Trinajstić information content (AvgIpc) is 2.41. The van der Waals surface area contributed by atoms with Crippen LogP contribution in [0.2, 0.25) is 5.02 Å². The number of benzene rings is 1. The Morgan fingerprint density at radius 1 is 1.37 bits per heavy atom. The van der Waals surface area contributed by atoms with Crippen molar-refractivity contribution in [3.05, 3.63) is 34.3 Å². The lowest BCUT2D eigenvalue weighted by molar-refractivity contribution is 0.0268. The first-order valence-electron chi connectivity index (χ1n) is 6.72. The van der Waals surface area contributed by atoms with Gasteiger partial charge in [-0.05, 0) is 43.5 Å². The molecule has 1 amide bonds. The summed E-state index contributed by atoms with van der Waals surface area (Å²) in [4.78, 5) is 14.1.